The number of para-hydroxylation sites is 1. The van der Waals surface area contributed by atoms with Crippen molar-refractivity contribution >= 4 is 11.0 Å². The highest BCUT2D eigenvalue weighted by molar-refractivity contribution is 5.90. The molecule has 3 aliphatic rings. The Labute approximate surface area is 206 Å². The number of nitrogens with two attached hydrogens (primary N) is 2. The van der Waals surface area contributed by atoms with E-state index in [1.54, 1.807) is 12.1 Å². The van der Waals surface area contributed by atoms with E-state index in [-0.39, 0.29) is 23.5 Å². The zero-order chi connectivity index (χ0) is 25.1. The minimum absolute atomic E-state index is 0.0310. The summed E-state index contributed by atoms with van der Waals surface area (Å²) in [7, 11) is 2.12. The van der Waals surface area contributed by atoms with Gasteiger partial charge in [0.05, 0.1) is 22.3 Å². The van der Waals surface area contributed by atoms with E-state index in [4.69, 9.17) is 20.7 Å². The summed E-state index contributed by atoms with van der Waals surface area (Å²) in [6, 6.07) is 9.04. The molecule has 4 N–H and O–H groups in total. The van der Waals surface area contributed by atoms with Crippen LogP contribution in [0.3, 0.4) is 0 Å². The molecule has 2 fully saturated rings. The minimum Gasteiger partial charge on any atom is -0.437 e. The number of rotatable bonds is 5. The van der Waals surface area contributed by atoms with Crippen molar-refractivity contribution in [3.63, 3.8) is 0 Å². The average Bonchev–Trinajstić information content (AvgIpc) is 3.44. The molecule has 0 bridgehead atoms. The fourth-order valence-electron chi connectivity index (χ4n) is 5.63. The van der Waals surface area contributed by atoms with Crippen LogP contribution in [0.4, 0.5) is 8.78 Å². The summed E-state index contributed by atoms with van der Waals surface area (Å²) in [6.07, 6.45) is 5.32. The van der Waals surface area contributed by atoms with Gasteiger partial charge in [-0.1, -0.05) is 17.3 Å². The highest BCUT2D eigenvalue weighted by atomic mass is 19.3. The standard InChI is InChI=1S/C25H27F2N7O2/c1-33-10-4-8-24(33)13-34(14-24)18-11-20(35-23(26)27)25(29,12-16(18)28)22-30-9-7-17(31-22)21-15-5-2-3-6-19(15)36-32-21/h2-3,5-7,9,11,23H,4,8,10,12-14,28-29H2,1H3. The topological polar surface area (TPSA) is 120 Å². The summed E-state index contributed by atoms with van der Waals surface area (Å²) in [5.74, 6) is -0.0128. The number of nitrogens with zero attached hydrogens (tertiary/aromatic N) is 5. The maximum Gasteiger partial charge on any atom is 0.387 e. The number of allylic oxidation sites excluding steroid dienone is 1. The van der Waals surface area contributed by atoms with Crippen LogP contribution in [0.5, 0.6) is 0 Å². The van der Waals surface area contributed by atoms with Gasteiger partial charge in [-0.25, -0.2) is 9.97 Å². The second-order valence-electron chi connectivity index (χ2n) is 9.84. The second-order valence-corrected chi connectivity index (χ2v) is 9.84. The van der Waals surface area contributed by atoms with E-state index in [1.807, 2.05) is 18.2 Å². The van der Waals surface area contributed by atoms with Crippen LogP contribution in [0.15, 0.2) is 64.3 Å². The van der Waals surface area contributed by atoms with Crippen molar-refractivity contribution in [3.8, 4) is 11.4 Å². The van der Waals surface area contributed by atoms with Gasteiger partial charge < -0.3 is 25.6 Å². The van der Waals surface area contributed by atoms with E-state index in [0.717, 1.165) is 37.9 Å². The maximum atomic E-state index is 13.5. The molecule has 1 spiro atoms. The zero-order valence-electron chi connectivity index (χ0n) is 19.8. The Morgan fingerprint density at radius 2 is 2.00 bits per heavy atom. The summed E-state index contributed by atoms with van der Waals surface area (Å²) in [5, 5.41) is 4.90. The van der Waals surface area contributed by atoms with Gasteiger partial charge in [-0.3, -0.25) is 4.90 Å². The van der Waals surface area contributed by atoms with Gasteiger partial charge in [0.15, 0.2) is 11.4 Å². The smallest absolute Gasteiger partial charge is 0.387 e. The van der Waals surface area contributed by atoms with Crippen LogP contribution in [-0.4, -0.2) is 63.8 Å². The summed E-state index contributed by atoms with van der Waals surface area (Å²) in [5.41, 5.74) is 14.5. The third-order valence-corrected chi connectivity index (χ3v) is 7.65. The van der Waals surface area contributed by atoms with Gasteiger partial charge in [-0.05, 0) is 44.6 Å². The average molecular weight is 496 g/mol. The Kier molecular flexibility index (Phi) is 5.23. The normalized spacial score (nSPS) is 24.0. The lowest BCUT2D eigenvalue weighted by atomic mass is 9.82. The monoisotopic (exact) mass is 495 g/mol. The fourth-order valence-corrected chi connectivity index (χ4v) is 5.63. The molecule has 36 heavy (non-hydrogen) atoms. The highest BCUT2D eigenvalue weighted by Gasteiger charge is 2.51. The molecule has 0 radical (unpaired) electrons. The van der Waals surface area contributed by atoms with Gasteiger partial charge in [0, 0.05) is 37.5 Å². The van der Waals surface area contributed by atoms with Gasteiger partial charge in [0.1, 0.15) is 17.0 Å². The Morgan fingerprint density at radius 3 is 2.75 bits per heavy atom. The molecular formula is C25H27F2N7O2. The molecule has 1 aliphatic carbocycles. The van der Waals surface area contributed by atoms with Crippen molar-refractivity contribution in [2.45, 2.75) is 37.0 Å². The number of ether oxygens (including phenoxy) is 1. The largest absolute Gasteiger partial charge is 0.437 e. The van der Waals surface area contributed by atoms with E-state index >= 15 is 0 Å². The first-order valence-electron chi connectivity index (χ1n) is 11.9. The third-order valence-electron chi connectivity index (χ3n) is 7.65. The lowest BCUT2D eigenvalue weighted by molar-refractivity contribution is -0.108. The van der Waals surface area contributed by atoms with E-state index in [9.17, 15) is 8.78 Å². The van der Waals surface area contributed by atoms with Gasteiger partial charge in [0.25, 0.3) is 0 Å². The molecular weight excluding hydrogens is 468 g/mol. The SMILES string of the molecule is CN1CCCC12CN(C1=C(N)CC(N)(c3nccc(-c4noc5ccccc45)n3)C(OC(F)F)=C1)C2. The van der Waals surface area contributed by atoms with Crippen molar-refractivity contribution < 1.29 is 18.0 Å². The van der Waals surface area contributed by atoms with Gasteiger partial charge >= 0.3 is 6.61 Å². The van der Waals surface area contributed by atoms with Crippen molar-refractivity contribution in [1.82, 2.24) is 24.9 Å². The van der Waals surface area contributed by atoms with Crippen LogP contribution in [0.1, 0.15) is 25.1 Å². The van der Waals surface area contributed by atoms with Crippen molar-refractivity contribution in [2.75, 3.05) is 26.7 Å². The first kappa shape index (κ1) is 22.9. The van der Waals surface area contributed by atoms with Crippen LogP contribution < -0.4 is 11.5 Å². The highest BCUT2D eigenvalue weighted by Crippen LogP contribution is 2.43. The molecule has 1 atom stereocenters. The Morgan fingerprint density at radius 1 is 1.19 bits per heavy atom. The number of hydrogen-bond donors (Lipinski definition) is 2. The number of halogens is 2. The second kappa shape index (κ2) is 8.24. The van der Waals surface area contributed by atoms with Crippen LogP contribution in [0.2, 0.25) is 0 Å². The number of hydrogen-bond acceptors (Lipinski definition) is 9. The molecule has 4 heterocycles. The van der Waals surface area contributed by atoms with E-state index in [2.05, 4.69) is 32.0 Å². The number of benzene rings is 1. The lowest BCUT2D eigenvalue weighted by Crippen LogP contribution is -2.66. The predicted octanol–water partition coefficient (Wildman–Crippen LogP) is 2.92. The Hall–Kier alpha value is -3.57. The molecule has 0 saturated carbocycles. The lowest BCUT2D eigenvalue weighted by Gasteiger charge is -2.54. The first-order valence-corrected chi connectivity index (χ1v) is 11.9. The van der Waals surface area contributed by atoms with E-state index < -0.39 is 12.2 Å². The van der Waals surface area contributed by atoms with Crippen LogP contribution in [0.25, 0.3) is 22.4 Å². The van der Waals surface area contributed by atoms with Crippen LogP contribution in [0, 0.1) is 0 Å². The molecule has 0 amide bonds. The molecule has 11 heteroatoms. The number of likely N-dealkylation sites (N-methyl/N-ethyl adjacent to an activating group) is 1. The molecule has 2 saturated heterocycles. The maximum absolute atomic E-state index is 13.5. The molecule has 1 unspecified atom stereocenters. The summed E-state index contributed by atoms with van der Waals surface area (Å²) < 4.78 is 37.4. The van der Waals surface area contributed by atoms with Crippen LogP contribution >= 0.6 is 0 Å². The van der Waals surface area contributed by atoms with Crippen molar-refractivity contribution in [1.29, 1.82) is 0 Å². The molecule has 9 nitrogen and oxygen atoms in total. The third kappa shape index (κ3) is 3.53. The molecule has 2 aliphatic heterocycles. The number of aromatic nitrogens is 3. The summed E-state index contributed by atoms with van der Waals surface area (Å²) in [4.78, 5) is 13.4. The van der Waals surface area contributed by atoms with Crippen molar-refractivity contribution in [2.24, 2.45) is 11.5 Å². The molecule has 3 aromatic rings. The minimum atomic E-state index is -3.06. The van der Waals surface area contributed by atoms with E-state index in [0.29, 0.717) is 28.4 Å². The Balaban J connectivity index is 1.35. The van der Waals surface area contributed by atoms with Gasteiger partial charge in [-0.15, -0.1) is 0 Å². The number of likely N-dealkylation sites (tertiary alicyclic amines) is 2. The van der Waals surface area contributed by atoms with Crippen LogP contribution in [-0.2, 0) is 10.3 Å². The van der Waals surface area contributed by atoms with Gasteiger partial charge in [-0.2, -0.15) is 8.78 Å². The first-order chi connectivity index (χ1) is 17.3. The van der Waals surface area contributed by atoms with Crippen molar-refractivity contribution in [3.05, 3.63) is 65.6 Å². The van der Waals surface area contributed by atoms with E-state index in [1.165, 1.54) is 12.3 Å². The quantitative estimate of drug-likeness (QED) is 0.551. The fraction of sp³-hybridized carbons (Fsp3) is 0.400. The molecule has 188 valence electrons. The summed E-state index contributed by atoms with van der Waals surface area (Å²) in [6.45, 7) is -0.453. The summed E-state index contributed by atoms with van der Waals surface area (Å²) >= 11 is 0. The number of alkyl halides is 2. The molecule has 2 aromatic heterocycles. The molecule has 6 rings (SSSR count). The molecule has 1 aromatic carbocycles. The number of fused-ring (bicyclic) bond motifs is 1. The zero-order valence-corrected chi connectivity index (χ0v) is 19.8. The van der Waals surface area contributed by atoms with Gasteiger partial charge in [0.2, 0.25) is 0 Å². The Bertz CT molecular complexity index is 1380. The predicted molar refractivity (Wildman–Crippen MR) is 128 cm³/mol.